The largest absolute Gasteiger partial charge is 0.467 e. The Morgan fingerprint density at radius 3 is 2.61 bits per heavy atom. The molecular weight excluding hydrogens is 310 g/mol. The number of pyridine rings is 1. The number of rotatable bonds is 3. The minimum atomic E-state index is -0.436. The maximum atomic E-state index is 6.46. The molecule has 1 atom stereocenters. The first kappa shape index (κ1) is 14.1. The van der Waals surface area contributed by atoms with Crippen molar-refractivity contribution in [3.8, 4) is 11.3 Å². The van der Waals surface area contributed by atoms with Gasteiger partial charge in [0.1, 0.15) is 17.4 Å². The van der Waals surface area contributed by atoms with Crippen LogP contribution in [0.5, 0.6) is 0 Å². The van der Waals surface area contributed by atoms with E-state index in [0.29, 0.717) is 10.8 Å². The molecule has 0 aliphatic rings. The zero-order valence-electron chi connectivity index (χ0n) is 12.2. The second kappa shape index (κ2) is 5.57. The van der Waals surface area contributed by atoms with E-state index in [1.165, 1.54) is 0 Å². The van der Waals surface area contributed by atoms with Gasteiger partial charge >= 0.3 is 0 Å². The average molecular weight is 324 g/mol. The fraction of sp³-hybridized carbons (Fsp3) is 0.0556. The van der Waals surface area contributed by atoms with Crippen molar-refractivity contribution in [2.24, 2.45) is 5.73 Å². The Balaban J connectivity index is 2.00. The molecule has 0 aliphatic carbocycles. The Labute approximate surface area is 138 Å². The lowest BCUT2D eigenvalue weighted by Gasteiger charge is -2.12. The lowest BCUT2D eigenvalue weighted by atomic mass is 10.0. The van der Waals surface area contributed by atoms with Crippen LogP contribution in [-0.4, -0.2) is 9.38 Å². The van der Waals surface area contributed by atoms with Gasteiger partial charge in [-0.1, -0.05) is 41.9 Å². The first-order chi connectivity index (χ1) is 11.2. The third-order valence-electron chi connectivity index (χ3n) is 3.81. The molecule has 1 unspecified atom stereocenters. The van der Waals surface area contributed by atoms with Crippen molar-refractivity contribution in [1.29, 1.82) is 0 Å². The molecule has 4 aromatic rings. The predicted molar refractivity (Wildman–Crippen MR) is 90.4 cm³/mol. The number of nitrogens with zero attached hydrogens (tertiary/aromatic N) is 2. The fourth-order valence-corrected chi connectivity index (χ4v) is 2.91. The van der Waals surface area contributed by atoms with E-state index >= 15 is 0 Å². The van der Waals surface area contributed by atoms with Crippen LogP contribution < -0.4 is 5.73 Å². The summed E-state index contributed by atoms with van der Waals surface area (Å²) in [6, 6.07) is 16.9. The Hall–Kier alpha value is -2.56. The van der Waals surface area contributed by atoms with Crippen LogP contribution in [0.1, 0.15) is 17.5 Å². The maximum Gasteiger partial charge on any atom is 0.137 e. The Bertz CT molecular complexity index is 945. The molecule has 0 spiro atoms. The normalized spacial score (nSPS) is 12.6. The van der Waals surface area contributed by atoms with Gasteiger partial charge in [-0.15, -0.1) is 0 Å². The molecule has 2 N–H and O–H groups in total. The van der Waals surface area contributed by atoms with Crippen molar-refractivity contribution < 1.29 is 4.42 Å². The summed E-state index contributed by atoms with van der Waals surface area (Å²) in [6.45, 7) is 0. The van der Waals surface area contributed by atoms with Crippen LogP contribution in [0.15, 0.2) is 71.5 Å². The van der Waals surface area contributed by atoms with Crippen LogP contribution in [0.4, 0.5) is 0 Å². The van der Waals surface area contributed by atoms with Gasteiger partial charge in [0.25, 0.3) is 0 Å². The second-order valence-electron chi connectivity index (χ2n) is 5.28. The summed E-state index contributed by atoms with van der Waals surface area (Å²) >= 11 is 6.16. The van der Waals surface area contributed by atoms with E-state index in [9.17, 15) is 0 Å². The highest BCUT2D eigenvalue weighted by Gasteiger charge is 2.23. The molecule has 0 fully saturated rings. The Morgan fingerprint density at radius 1 is 1.04 bits per heavy atom. The number of imidazole rings is 1. The highest BCUT2D eigenvalue weighted by Crippen LogP contribution is 2.32. The molecule has 0 aliphatic heterocycles. The number of hydrogen-bond donors (Lipinski definition) is 1. The highest BCUT2D eigenvalue weighted by atomic mass is 35.5. The van der Waals surface area contributed by atoms with Crippen molar-refractivity contribution in [2.45, 2.75) is 6.04 Å². The minimum Gasteiger partial charge on any atom is -0.467 e. The second-order valence-corrected chi connectivity index (χ2v) is 5.72. The Morgan fingerprint density at radius 2 is 1.87 bits per heavy atom. The number of furan rings is 1. The third kappa shape index (κ3) is 2.42. The lowest BCUT2D eigenvalue weighted by molar-refractivity contribution is 0.486. The molecule has 1 aromatic carbocycles. The zero-order chi connectivity index (χ0) is 15.8. The first-order valence-electron chi connectivity index (χ1n) is 7.26. The van der Waals surface area contributed by atoms with E-state index in [-0.39, 0.29) is 0 Å². The van der Waals surface area contributed by atoms with E-state index in [0.717, 1.165) is 22.6 Å². The van der Waals surface area contributed by atoms with Gasteiger partial charge in [0, 0.05) is 11.8 Å². The van der Waals surface area contributed by atoms with Crippen LogP contribution in [0.25, 0.3) is 16.9 Å². The topological polar surface area (TPSA) is 56.5 Å². The summed E-state index contributed by atoms with van der Waals surface area (Å²) in [6.07, 6.45) is 3.45. The molecule has 4 nitrogen and oxygen atoms in total. The molecule has 5 heteroatoms. The number of aromatic nitrogens is 2. The monoisotopic (exact) mass is 323 g/mol. The van der Waals surface area contributed by atoms with Crippen molar-refractivity contribution in [3.63, 3.8) is 0 Å². The maximum absolute atomic E-state index is 6.46. The standard InChI is InChI=1S/C18H14ClN3O/c19-13-8-9-15-21-17(12-5-2-1-3-6-12)18(22(15)11-13)16(20)14-7-4-10-23-14/h1-11,16H,20H2. The van der Waals surface area contributed by atoms with E-state index in [1.807, 2.05) is 65.2 Å². The molecule has 23 heavy (non-hydrogen) atoms. The third-order valence-corrected chi connectivity index (χ3v) is 4.03. The van der Waals surface area contributed by atoms with E-state index < -0.39 is 6.04 Å². The van der Waals surface area contributed by atoms with Gasteiger partial charge in [0.05, 0.1) is 22.7 Å². The molecule has 3 heterocycles. The molecular formula is C18H14ClN3O. The van der Waals surface area contributed by atoms with Gasteiger partial charge in [-0.05, 0) is 24.3 Å². The quantitative estimate of drug-likeness (QED) is 0.611. The average Bonchev–Trinajstić information content (AvgIpc) is 3.22. The SMILES string of the molecule is NC(c1ccco1)c1c(-c2ccccc2)nc2ccc(Cl)cn12. The molecule has 114 valence electrons. The summed E-state index contributed by atoms with van der Waals surface area (Å²) in [4.78, 5) is 4.74. The molecule has 0 amide bonds. The summed E-state index contributed by atoms with van der Waals surface area (Å²) in [5.41, 5.74) is 9.94. The zero-order valence-corrected chi connectivity index (χ0v) is 12.9. The van der Waals surface area contributed by atoms with Crippen LogP contribution in [0.3, 0.4) is 0 Å². The number of hydrogen-bond acceptors (Lipinski definition) is 3. The van der Waals surface area contributed by atoms with Crippen LogP contribution in [0, 0.1) is 0 Å². The smallest absolute Gasteiger partial charge is 0.137 e. The first-order valence-corrected chi connectivity index (χ1v) is 7.64. The van der Waals surface area contributed by atoms with Gasteiger partial charge in [-0.3, -0.25) is 4.40 Å². The summed E-state index contributed by atoms with van der Waals surface area (Å²) in [5, 5.41) is 0.627. The van der Waals surface area contributed by atoms with Crippen molar-refractivity contribution in [2.75, 3.05) is 0 Å². The van der Waals surface area contributed by atoms with Gasteiger partial charge < -0.3 is 10.2 Å². The van der Waals surface area contributed by atoms with Crippen LogP contribution >= 0.6 is 11.6 Å². The van der Waals surface area contributed by atoms with Gasteiger partial charge in [0.15, 0.2) is 0 Å². The minimum absolute atomic E-state index is 0.436. The van der Waals surface area contributed by atoms with Gasteiger partial charge in [-0.2, -0.15) is 0 Å². The highest BCUT2D eigenvalue weighted by molar-refractivity contribution is 6.30. The lowest BCUT2D eigenvalue weighted by Crippen LogP contribution is -2.14. The van der Waals surface area contributed by atoms with Crippen molar-refractivity contribution in [3.05, 3.63) is 83.5 Å². The van der Waals surface area contributed by atoms with Crippen LogP contribution in [0.2, 0.25) is 5.02 Å². The summed E-state index contributed by atoms with van der Waals surface area (Å²) in [7, 11) is 0. The number of nitrogens with two attached hydrogens (primary N) is 1. The van der Waals surface area contributed by atoms with E-state index in [2.05, 4.69) is 0 Å². The number of benzene rings is 1. The summed E-state index contributed by atoms with van der Waals surface area (Å²) in [5.74, 6) is 0.684. The predicted octanol–water partition coefficient (Wildman–Crippen LogP) is 4.30. The van der Waals surface area contributed by atoms with Crippen molar-refractivity contribution >= 4 is 17.2 Å². The molecule has 0 bridgehead atoms. The molecule has 3 aromatic heterocycles. The number of fused-ring (bicyclic) bond motifs is 1. The molecule has 0 saturated heterocycles. The molecule has 0 saturated carbocycles. The fourth-order valence-electron chi connectivity index (χ4n) is 2.75. The van der Waals surface area contributed by atoms with Gasteiger partial charge in [0.2, 0.25) is 0 Å². The molecule has 0 radical (unpaired) electrons. The van der Waals surface area contributed by atoms with Crippen molar-refractivity contribution in [1.82, 2.24) is 9.38 Å². The number of halogens is 1. The summed E-state index contributed by atoms with van der Waals surface area (Å²) < 4.78 is 7.42. The van der Waals surface area contributed by atoms with E-state index in [4.69, 9.17) is 26.7 Å². The Kier molecular flexibility index (Phi) is 3.41. The van der Waals surface area contributed by atoms with Crippen LogP contribution in [-0.2, 0) is 0 Å². The molecule has 4 rings (SSSR count). The van der Waals surface area contributed by atoms with Gasteiger partial charge in [-0.25, -0.2) is 4.98 Å². The van der Waals surface area contributed by atoms with E-state index in [1.54, 1.807) is 6.26 Å².